The molecule has 1 unspecified atom stereocenters. The molecule has 0 aromatic heterocycles. The Kier molecular flexibility index (Phi) is 3.57. The smallest absolute Gasteiger partial charge is 0.263 e. The van der Waals surface area contributed by atoms with E-state index in [-0.39, 0.29) is 11.7 Å². The molecule has 1 aliphatic heterocycles. The molecule has 2 rings (SSSR count). The quantitative estimate of drug-likeness (QED) is 0.789. The number of likely N-dealkylation sites (N-methyl/N-ethyl adjacent to an activating group) is 1. The van der Waals surface area contributed by atoms with Gasteiger partial charge in [0.15, 0.2) is 11.9 Å². The lowest BCUT2D eigenvalue weighted by atomic mass is 10.1. The Morgan fingerprint density at radius 1 is 1.50 bits per heavy atom. The van der Waals surface area contributed by atoms with E-state index in [1.54, 1.807) is 30.1 Å². The van der Waals surface area contributed by atoms with Crippen molar-refractivity contribution in [1.82, 2.24) is 4.90 Å². The molecule has 1 saturated heterocycles. The van der Waals surface area contributed by atoms with Crippen LogP contribution in [0.25, 0.3) is 0 Å². The van der Waals surface area contributed by atoms with Crippen molar-refractivity contribution in [3.05, 3.63) is 28.8 Å². The Hall–Kier alpha value is -1.55. The fourth-order valence-corrected chi connectivity index (χ4v) is 2.09. The Morgan fingerprint density at radius 3 is 2.72 bits per heavy atom. The van der Waals surface area contributed by atoms with Gasteiger partial charge in [-0.15, -0.1) is 0 Å². The molecule has 1 atom stereocenters. The minimum absolute atomic E-state index is 0.0401. The zero-order chi connectivity index (χ0) is 13.3. The van der Waals surface area contributed by atoms with Crippen LogP contribution in [-0.4, -0.2) is 36.3 Å². The summed E-state index contributed by atoms with van der Waals surface area (Å²) in [6.45, 7) is 2.16. The molecule has 5 heteroatoms. The zero-order valence-corrected chi connectivity index (χ0v) is 11.0. The molecule has 0 bridgehead atoms. The van der Waals surface area contributed by atoms with Crippen LogP contribution in [0.3, 0.4) is 0 Å². The Morgan fingerprint density at radius 2 is 2.22 bits per heavy atom. The van der Waals surface area contributed by atoms with Crippen LogP contribution >= 0.6 is 11.6 Å². The first-order valence-electron chi connectivity index (χ1n) is 5.71. The van der Waals surface area contributed by atoms with Crippen LogP contribution in [0.2, 0.25) is 5.02 Å². The highest BCUT2D eigenvalue weighted by Gasteiger charge is 2.31. The minimum Gasteiger partial charge on any atom is -0.479 e. The second-order valence-corrected chi connectivity index (χ2v) is 4.76. The van der Waals surface area contributed by atoms with Gasteiger partial charge in [-0.1, -0.05) is 11.6 Å². The topological polar surface area (TPSA) is 46.6 Å². The van der Waals surface area contributed by atoms with Crippen molar-refractivity contribution in [2.24, 2.45) is 0 Å². The predicted molar refractivity (Wildman–Crippen MR) is 68.1 cm³/mol. The van der Waals surface area contributed by atoms with Gasteiger partial charge in [-0.25, -0.2) is 0 Å². The second-order valence-electron chi connectivity index (χ2n) is 4.36. The normalized spacial score (nSPS) is 19.2. The molecule has 18 heavy (non-hydrogen) atoms. The van der Waals surface area contributed by atoms with Crippen LogP contribution < -0.4 is 4.74 Å². The summed E-state index contributed by atoms with van der Waals surface area (Å²) < 4.78 is 5.59. The maximum absolute atomic E-state index is 11.7. The first-order valence-corrected chi connectivity index (χ1v) is 6.09. The number of likely N-dealkylation sites (tertiary alicyclic amines) is 1. The number of carbonyl (C=O) groups is 2. The minimum atomic E-state index is -0.476. The molecule has 1 fully saturated rings. The number of amides is 1. The highest BCUT2D eigenvalue weighted by Crippen LogP contribution is 2.28. The number of hydrogen-bond acceptors (Lipinski definition) is 3. The van der Waals surface area contributed by atoms with Crippen molar-refractivity contribution in [1.29, 1.82) is 0 Å². The van der Waals surface area contributed by atoms with Gasteiger partial charge >= 0.3 is 0 Å². The van der Waals surface area contributed by atoms with E-state index in [1.165, 1.54) is 6.92 Å². The molecular weight excluding hydrogens is 254 g/mol. The van der Waals surface area contributed by atoms with Crippen LogP contribution in [-0.2, 0) is 4.79 Å². The summed E-state index contributed by atoms with van der Waals surface area (Å²) in [5.41, 5.74) is 0.530. The van der Waals surface area contributed by atoms with Gasteiger partial charge in [0, 0.05) is 25.6 Å². The first kappa shape index (κ1) is 12.9. The number of nitrogens with zero attached hydrogens (tertiary/aromatic N) is 1. The highest BCUT2D eigenvalue weighted by atomic mass is 35.5. The lowest BCUT2D eigenvalue weighted by molar-refractivity contribution is -0.132. The van der Waals surface area contributed by atoms with Crippen LogP contribution in [0, 0.1) is 0 Å². The summed E-state index contributed by atoms with van der Waals surface area (Å²) in [7, 11) is 1.74. The monoisotopic (exact) mass is 267 g/mol. The van der Waals surface area contributed by atoms with E-state index in [0.717, 1.165) is 0 Å². The maximum atomic E-state index is 11.7. The van der Waals surface area contributed by atoms with Crippen LogP contribution in [0.1, 0.15) is 23.7 Å². The third-order valence-corrected chi connectivity index (χ3v) is 3.28. The molecule has 0 saturated carbocycles. The number of ketones is 1. The summed E-state index contributed by atoms with van der Waals surface area (Å²) in [6.07, 6.45) is 0.177. The molecule has 1 aromatic carbocycles. The van der Waals surface area contributed by atoms with Crippen molar-refractivity contribution in [3.8, 4) is 5.75 Å². The summed E-state index contributed by atoms with van der Waals surface area (Å²) in [5, 5.41) is 0.352. The average molecular weight is 268 g/mol. The van der Waals surface area contributed by atoms with Crippen LogP contribution in [0.15, 0.2) is 18.2 Å². The molecule has 0 N–H and O–H groups in total. The standard InChI is InChI=1S/C13H14ClNO3/c1-8(16)9-3-4-11(10(14)7-9)18-12-5-6-15(2)13(12)17/h3-4,7,12H,5-6H2,1-2H3. The van der Waals surface area contributed by atoms with Gasteiger partial charge in [-0.3, -0.25) is 9.59 Å². The molecule has 0 spiro atoms. The van der Waals surface area contributed by atoms with Gasteiger partial charge in [-0.2, -0.15) is 0 Å². The SMILES string of the molecule is CC(=O)c1ccc(OC2CCN(C)C2=O)c(Cl)c1. The summed E-state index contributed by atoms with van der Waals surface area (Å²) in [5.74, 6) is 0.345. The lowest BCUT2D eigenvalue weighted by Gasteiger charge is -2.14. The van der Waals surface area contributed by atoms with Gasteiger partial charge in [0.25, 0.3) is 5.91 Å². The molecule has 4 nitrogen and oxygen atoms in total. The van der Waals surface area contributed by atoms with Crippen molar-refractivity contribution >= 4 is 23.3 Å². The van der Waals surface area contributed by atoms with Gasteiger partial charge in [0.1, 0.15) is 5.75 Å². The number of benzene rings is 1. The predicted octanol–water partition coefficient (Wildman–Crippen LogP) is 2.15. The molecule has 1 heterocycles. The van der Waals surface area contributed by atoms with Crippen molar-refractivity contribution < 1.29 is 14.3 Å². The molecule has 96 valence electrons. The van der Waals surface area contributed by atoms with Crippen molar-refractivity contribution in [2.75, 3.05) is 13.6 Å². The maximum Gasteiger partial charge on any atom is 0.263 e. The van der Waals surface area contributed by atoms with E-state index in [2.05, 4.69) is 0 Å². The number of carbonyl (C=O) groups excluding carboxylic acids is 2. The third kappa shape index (κ3) is 2.48. The molecular formula is C13H14ClNO3. The summed E-state index contributed by atoms with van der Waals surface area (Å²) in [6, 6.07) is 4.83. The fraction of sp³-hybridized carbons (Fsp3) is 0.385. The first-order chi connectivity index (χ1) is 8.49. The molecule has 1 aromatic rings. The number of Topliss-reactive ketones (excluding diaryl/α,β-unsaturated/α-hetero) is 1. The van der Waals surface area contributed by atoms with Gasteiger partial charge in [-0.05, 0) is 25.1 Å². The van der Waals surface area contributed by atoms with Gasteiger partial charge < -0.3 is 9.64 Å². The molecule has 1 aliphatic rings. The Balaban J connectivity index is 2.15. The second kappa shape index (κ2) is 4.98. The van der Waals surface area contributed by atoms with Gasteiger partial charge in [0.2, 0.25) is 0 Å². The number of ether oxygens (including phenoxy) is 1. The zero-order valence-electron chi connectivity index (χ0n) is 10.3. The fourth-order valence-electron chi connectivity index (χ4n) is 1.87. The van der Waals surface area contributed by atoms with E-state index in [4.69, 9.17) is 16.3 Å². The number of rotatable bonds is 3. The van der Waals surface area contributed by atoms with Crippen LogP contribution in [0.5, 0.6) is 5.75 Å². The molecule has 0 radical (unpaired) electrons. The molecule has 1 amide bonds. The summed E-state index contributed by atoms with van der Waals surface area (Å²) >= 11 is 6.03. The molecule has 0 aliphatic carbocycles. The van der Waals surface area contributed by atoms with E-state index in [9.17, 15) is 9.59 Å². The van der Waals surface area contributed by atoms with E-state index >= 15 is 0 Å². The van der Waals surface area contributed by atoms with Crippen molar-refractivity contribution in [2.45, 2.75) is 19.4 Å². The van der Waals surface area contributed by atoms with Crippen molar-refractivity contribution in [3.63, 3.8) is 0 Å². The third-order valence-electron chi connectivity index (χ3n) is 2.99. The largest absolute Gasteiger partial charge is 0.479 e. The number of halogens is 1. The average Bonchev–Trinajstić information content (AvgIpc) is 2.63. The van der Waals surface area contributed by atoms with Crippen LogP contribution in [0.4, 0.5) is 0 Å². The highest BCUT2D eigenvalue weighted by molar-refractivity contribution is 6.32. The van der Waals surface area contributed by atoms with E-state index in [0.29, 0.717) is 29.3 Å². The Labute approximate surface area is 110 Å². The Bertz CT molecular complexity index is 501. The van der Waals surface area contributed by atoms with E-state index < -0.39 is 6.10 Å². The summed E-state index contributed by atoms with van der Waals surface area (Å²) in [4.78, 5) is 24.5. The number of hydrogen-bond donors (Lipinski definition) is 0. The van der Waals surface area contributed by atoms with E-state index in [1.807, 2.05) is 0 Å². The lowest BCUT2D eigenvalue weighted by Crippen LogP contribution is -2.29. The van der Waals surface area contributed by atoms with Gasteiger partial charge in [0.05, 0.1) is 5.02 Å².